The van der Waals surface area contributed by atoms with Crippen molar-refractivity contribution in [3.05, 3.63) is 59.0 Å². The Kier molecular flexibility index (Phi) is 5.01. The van der Waals surface area contributed by atoms with E-state index in [-0.39, 0.29) is 17.6 Å². The van der Waals surface area contributed by atoms with E-state index in [1.54, 1.807) is 11.0 Å². The van der Waals surface area contributed by atoms with Crippen molar-refractivity contribution in [2.24, 2.45) is 0 Å². The summed E-state index contributed by atoms with van der Waals surface area (Å²) in [6.07, 6.45) is 3.49. The average molecular weight is 441 g/mol. The van der Waals surface area contributed by atoms with Crippen LogP contribution in [0.15, 0.2) is 56.9 Å². The zero-order chi connectivity index (χ0) is 20.5. The van der Waals surface area contributed by atoms with Gasteiger partial charge in [-0.2, -0.15) is 0 Å². The molecule has 0 aliphatic carbocycles. The maximum Gasteiger partial charge on any atom is 0.260 e. The number of oxazole rings is 1. The number of furan rings is 1. The van der Waals surface area contributed by atoms with Gasteiger partial charge in [0.05, 0.1) is 29.8 Å². The highest BCUT2D eigenvalue weighted by atomic mass is 32.2. The minimum atomic E-state index is -0.266. The van der Waals surface area contributed by atoms with Crippen molar-refractivity contribution in [2.75, 3.05) is 17.6 Å². The molecule has 1 aliphatic heterocycles. The number of anilines is 1. The SMILES string of the molecule is O=C(Nc1nc2c(s1)CN(C(=O)CSc1nc3ccccc3o1)CC2)c1ccoc1. The van der Waals surface area contributed by atoms with Gasteiger partial charge in [-0.3, -0.25) is 14.9 Å². The van der Waals surface area contributed by atoms with E-state index >= 15 is 0 Å². The van der Waals surface area contributed by atoms with Crippen LogP contribution in [0.5, 0.6) is 0 Å². The smallest absolute Gasteiger partial charge is 0.260 e. The largest absolute Gasteiger partial charge is 0.472 e. The Morgan fingerprint density at radius 1 is 1.23 bits per heavy atom. The molecular weight excluding hydrogens is 424 g/mol. The van der Waals surface area contributed by atoms with Crippen LogP contribution in [-0.4, -0.2) is 39.0 Å². The predicted octanol–water partition coefficient (Wildman–Crippen LogP) is 3.81. The van der Waals surface area contributed by atoms with E-state index in [0.717, 1.165) is 16.1 Å². The first-order valence-electron chi connectivity index (χ1n) is 9.24. The normalized spacial score (nSPS) is 13.4. The number of carbonyl (C=O) groups is 2. The number of aromatic nitrogens is 2. The summed E-state index contributed by atoms with van der Waals surface area (Å²) < 4.78 is 10.6. The van der Waals surface area contributed by atoms with Gasteiger partial charge in [0.25, 0.3) is 11.1 Å². The topological polar surface area (TPSA) is 101 Å². The first-order valence-corrected chi connectivity index (χ1v) is 11.0. The molecule has 0 unspecified atom stereocenters. The first kappa shape index (κ1) is 18.9. The van der Waals surface area contributed by atoms with E-state index in [9.17, 15) is 9.59 Å². The summed E-state index contributed by atoms with van der Waals surface area (Å²) in [5, 5.41) is 3.80. The molecule has 0 fully saturated rings. The van der Waals surface area contributed by atoms with Gasteiger partial charge in [-0.25, -0.2) is 9.97 Å². The molecule has 0 atom stereocenters. The van der Waals surface area contributed by atoms with Gasteiger partial charge in [0.1, 0.15) is 11.8 Å². The summed E-state index contributed by atoms with van der Waals surface area (Å²) in [5.74, 6) is 0.00760. The molecular formula is C20H16N4O4S2. The van der Waals surface area contributed by atoms with Crippen LogP contribution in [0.4, 0.5) is 5.13 Å². The van der Waals surface area contributed by atoms with E-state index in [1.807, 2.05) is 24.3 Å². The minimum Gasteiger partial charge on any atom is -0.472 e. The molecule has 0 saturated heterocycles. The molecule has 0 spiro atoms. The van der Waals surface area contributed by atoms with Gasteiger partial charge in [-0.05, 0) is 18.2 Å². The number of thiazole rings is 1. The second-order valence-electron chi connectivity index (χ2n) is 6.66. The molecule has 3 aromatic heterocycles. The number of amides is 2. The number of carbonyl (C=O) groups excluding carboxylic acids is 2. The first-order chi connectivity index (χ1) is 14.7. The molecule has 0 bridgehead atoms. The van der Waals surface area contributed by atoms with Gasteiger partial charge in [-0.1, -0.05) is 35.2 Å². The lowest BCUT2D eigenvalue weighted by Crippen LogP contribution is -2.36. The van der Waals surface area contributed by atoms with Crippen LogP contribution in [0.3, 0.4) is 0 Å². The molecule has 0 saturated carbocycles. The quantitative estimate of drug-likeness (QED) is 0.471. The van der Waals surface area contributed by atoms with Crippen LogP contribution in [0, 0.1) is 0 Å². The molecule has 1 N–H and O–H groups in total. The lowest BCUT2D eigenvalue weighted by atomic mass is 10.2. The number of nitrogens with zero attached hydrogens (tertiary/aromatic N) is 3. The van der Waals surface area contributed by atoms with Crippen LogP contribution in [-0.2, 0) is 17.8 Å². The molecule has 152 valence electrons. The van der Waals surface area contributed by atoms with Gasteiger partial charge < -0.3 is 13.7 Å². The van der Waals surface area contributed by atoms with Crippen molar-refractivity contribution in [2.45, 2.75) is 18.2 Å². The fourth-order valence-electron chi connectivity index (χ4n) is 3.15. The maximum absolute atomic E-state index is 12.7. The highest BCUT2D eigenvalue weighted by molar-refractivity contribution is 7.99. The highest BCUT2D eigenvalue weighted by Gasteiger charge is 2.25. The van der Waals surface area contributed by atoms with E-state index in [1.165, 1.54) is 35.6 Å². The van der Waals surface area contributed by atoms with Gasteiger partial charge in [0.15, 0.2) is 10.7 Å². The third-order valence-electron chi connectivity index (χ3n) is 4.68. The number of nitrogens with one attached hydrogen (secondary N) is 1. The Morgan fingerprint density at radius 2 is 2.13 bits per heavy atom. The second kappa shape index (κ2) is 7.96. The molecule has 2 amide bonds. The molecule has 10 heteroatoms. The Morgan fingerprint density at radius 3 is 2.97 bits per heavy atom. The van der Waals surface area contributed by atoms with E-state index in [0.29, 0.717) is 41.0 Å². The molecule has 4 heterocycles. The van der Waals surface area contributed by atoms with Crippen LogP contribution in [0.1, 0.15) is 20.9 Å². The second-order valence-corrected chi connectivity index (χ2v) is 8.67. The van der Waals surface area contributed by atoms with E-state index < -0.39 is 0 Å². The number of para-hydroxylation sites is 2. The maximum atomic E-state index is 12.7. The summed E-state index contributed by atoms with van der Waals surface area (Å²) in [4.78, 5) is 36.5. The fraction of sp³-hybridized carbons (Fsp3) is 0.200. The number of rotatable bonds is 5. The molecule has 30 heavy (non-hydrogen) atoms. The average Bonchev–Trinajstić information content (AvgIpc) is 3.49. The van der Waals surface area contributed by atoms with E-state index in [4.69, 9.17) is 8.83 Å². The lowest BCUT2D eigenvalue weighted by Gasteiger charge is -2.25. The van der Waals surface area contributed by atoms with Gasteiger partial charge in [-0.15, -0.1) is 0 Å². The zero-order valence-corrected chi connectivity index (χ0v) is 17.3. The predicted molar refractivity (Wildman–Crippen MR) is 113 cm³/mol. The van der Waals surface area contributed by atoms with Crippen molar-refractivity contribution < 1.29 is 18.4 Å². The number of hydrogen-bond donors (Lipinski definition) is 1. The highest BCUT2D eigenvalue weighted by Crippen LogP contribution is 2.30. The zero-order valence-electron chi connectivity index (χ0n) is 15.7. The summed E-state index contributed by atoms with van der Waals surface area (Å²) >= 11 is 2.69. The van der Waals surface area contributed by atoms with Gasteiger partial charge in [0, 0.05) is 17.8 Å². The van der Waals surface area contributed by atoms with Crippen molar-refractivity contribution in [1.29, 1.82) is 0 Å². The van der Waals surface area contributed by atoms with Crippen LogP contribution in [0.25, 0.3) is 11.1 Å². The van der Waals surface area contributed by atoms with Crippen LogP contribution in [0.2, 0.25) is 0 Å². The molecule has 5 rings (SSSR count). The number of thioether (sulfide) groups is 1. The Bertz CT molecular complexity index is 1180. The van der Waals surface area contributed by atoms with Crippen molar-refractivity contribution in [3.8, 4) is 0 Å². The van der Waals surface area contributed by atoms with Gasteiger partial charge >= 0.3 is 0 Å². The molecule has 8 nitrogen and oxygen atoms in total. The number of fused-ring (bicyclic) bond motifs is 2. The standard InChI is InChI=1S/C20H16N4O4S2/c25-17(11-29-20-22-13-3-1-2-4-15(13)28-20)24-7-5-14-16(9-24)30-19(21-14)23-18(26)12-6-8-27-10-12/h1-4,6,8,10H,5,7,9,11H2,(H,21,23,26). The minimum absolute atomic E-state index is 0.0188. The van der Waals surface area contributed by atoms with Crippen LogP contribution >= 0.6 is 23.1 Å². The van der Waals surface area contributed by atoms with Gasteiger partial charge in [0.2, 0.25) is 5.91 Å². The van der Waals surface area contributed by atoms with E-state index in [2.05, 4.69) is 15.3 Å². The lowest BCUT2D eigenvalue weighted by molar-refractivity contribution is -0.129. The Balaban J connectivity index is 1.20. The molecule has 1 aliphatic rings. The van der Waals surface area contributed by atoms with Crippen molar-refractivity contribution >= 4 is 51.1 Å². The molecule has 1 aromatic carbocycles. The summed E-state index contributed by atoms with van der Waals surface area (Å²) in [6, 6.07) is 9.12. The third kappa shape index (κ3) is 3.83. The summed E-state index contributed by atoms with van der Waals surface area (Å²) in [6.45, 7) is 1.08. The molecule has 0 radical (unpaired) electrons. The van der Waals surface area contributed by atoms with Crippen LogP contribution < -0.4 is 5.32 Å². The fourth-order valence-corrected chi connectivity index (χ4v) is 4.91. The van der Waals surface area contributed by atoms with Crippen molar-refractivity contribution in [3.63, 3.8) is 0 Å². The number of benzene rings is 1. The molecule has 4 aromatic rings. The number of hydrogen-bond acceptors (Lipinski definition) is 8. The Hall–Kier alpha value is -3.11. The van der Waals surface area contributed by atoms with Crippen molar-refractivity contribution in [1.82, 2.24) is 14.9 Å². The summed E-state index contributed by atoms with van der Waals surface area (Å²) in [7, 11) is 0. The summed E-state index contributed by atoms with van der Waals surface area (Å²) in [5.41, 5.74) is 2.86. The monoisotopic (exact) mass is 440 g/mol. The Labute approximate surface area is 179 Å². The third-order valence-corrected chi connectivity index (χ3v) is 6.49.